The number of carbonyl (C=O) groups is 1. The third-order valence-electron chi connectivity index (χ3n) is 3.20. The SMILES string of the molecule is Cc1cc2c(cc1Br)N1C(=NNC(=O)C1C)CO2. The molecule has 1 unspecified atom stereocenters. The van der Waals surface area contributed by atoms with E-state index < -0.39 is 0 Å². The largest absolute Gasteiger partial charge is 0.483 e. The molecule has 18 heavy (non-hydrogen) atoms. The first-order chi connectivity index (χ1) is 8.58. The molecular formula is C12H12BrN3O2. The van der Waals surface area contributed by atoms with Crippen LogP contribution < -0.4 is 15.1 Å². The molecule has 1 aromatic carbocycles. The molecule has 5 nitrogen and oxygen atoms in total. The van der Waals surface area contributed by atoms with E-state index in [2.05, 4.69) is 26.5 Å². The van der Waals surface area contributed by atoms with Crippen LogP contribution in [0.15, 0.2) is 21.7 Å². The molecule has 1 aromatic rings. The van der Waals surface area contributed by atoms with Gasteiger partial charge in [0.05, 0.1) is 5.69 Å². The zero-order valence-corrected chi connectivity index (χ0v) is 11.6. The minimum absolute atomic E-state index is 0.108. The third kappa shape index (κ3) is 1.59. The molecule has 0 spiro atoms. The van der Waals surface area contributed by atoms with Crippen LogP contribution in [-0.2, 0) is 4.79 Å². The Balaban J connectivity index is 2.16. The van der Waals surface area contributed by atoms with Crippen molar-refractivity contribution in [2.24, 2.45) is 5.10 Å². The van der Waals surface area contributed by atoms with Crippen LogP contribution >= 0.6 is 15.9 Å². The van der Waals surface area contributed by atoms with Crippen molar-refractivity contribution < 1.29 is 9.53 Å². The molecule has 0 aliphatic carbocycles. The predicted molar refractivity (Wildman–Crippen MR) is 71.9 cm³/mol. The normalized spacial score (nSPS) is 21.5. The van der Waals surface area contributed by atoms with Crippen molar-refractivity contribution in [3.8, 4) is 5.75 Å². The van der Waals surface area contributed by atoms with Crippen molar-refractivity contribution in [2.75, 3.05) is 11.5 Å². The Morgan fingerprint density at radius 2 is 2.33 bits per heavy atom. The van der Waals surface area contributed by atoms with Gasteiger partial charge in [-0.3, -0.25) is 4.79 Å². The van der Waals surface area contributed by atoms with E-state index in [4.69, 9.17) is 4.74 Å². The van der Waals surface area contributed by atoms with Crippen LogP contribution in [0, 0.1) is 6.92 Å². The first kappa shape index (κ1) is 11.5. The van der Waals surface area contributed by atoms with E-state index in [-0.39, 0.29) is 11.9 Å². The first-order valence-electron chi connectivity index (χ1n) is 5.66. The van der Waals surface area contributed by atoms with Gasteiger partial charge in [0.15, 0.2) is 5.84 Å². The summed E-state index contributed by atoms with van der Waals surface area (Å²) in [6.07, 6.45) is 0. The standard InChI is InChI=1S/C12H12BrN3O2/c1-6-3-10-9(4-8(6)13)16-7(2)12(17)15-14-11(16)5-18-10/h3-4,7H,5H2,1-2H3,(H,15,17). The van der Waals surface area contributed by atoms with Gasteiger partial charge in [-0.25, -0.2) is 5.43 Å². The highest BCUT2D eigenvalue weighted by Gasteiger charge is 2.35. The molecule has 2 aliphatic rings. The number of rotatable bonds is 0. The summed E-state index contributed by atoms with van der Waals surface area (Å²) in [4.78, 5) is 13.6. The summed E-state index contributed by atoms with van der Waals surface area (Å²) in [6, 6.07) is 3.65. The molecule has 0 bridgehead atoms. The minimum Gasteiger partial charge on any atom is -0.483 e. The lowest BCUT2D eigenvalue weighted by molar-refractivity contribution is -0.122. The number of amidine groups is 1. The van der Waals surface area contributed by atoms with Crippen LogP contribution in [-0.4, -0.2) is 24.4 Å². The van der Waals surface area contributed by atoms with Crippen LogP contribution in [0.5, 0.6) is 5.75 Å². The average Bonchev–Trinajstić information content (AvgIpc) is 2.35. The van der Waals surface area contributed by atoms with E-state index in [1.165, 1.54) is 0 Å². The van der Waals surface area contributed by atoms with Crippen molar-refractivity contribution in [3.63, 3.8) is 0 Å². The number of ether oxygens (including phenoxy) is 1. The first-order valence-corrected chi connectivity index (χ1v) is 6.46. The monoisotopic (exact) mass is 309 g/mol. The van der Waals surface area contributed by atoms with E-state index in [1.807, 2.05) is 30.9 Å². The number of hydrogen-bond acceptors (Lipinski definition) is 4. The Hall–Kier alpha value is -1.56. The molecule has 6 heteroatoms. The topological polar surface area (TPSA) is 53.9 Å². The van der Waals surface area contributed by atoms with Gasteiger partial charge in [-0.1, -0.05) is 15.9 Å². The summed E-state index contributed by atoms with van der Waals surface area (Å²) < 4.78 is 6.66. The lowest BCUT2D eigenvalue weighted by Gasteiger charge is -2.38. The fraction of sp³-hybridized carbons (Fsp3) is 0.333. The molecule has 0 fully saturated rings. The highest BCUT2D eigenvalue weighted by atomic mass is 79.9. The fourth-order valence-corrected chi connectivity index (χ4v) is 2.48. The summed E-state index contributed by atoms with van der Waals surface area (Å²) in [5, 5.41) is 4.04. The quantitative estimate of drug-likeness (QED) is 0.795. The summed E-state index contributed by atoms with van der Waals surface area (Å²) in [5.41, 5.74) is 4.48. The van der Waals surface area contributed by atoms with Crippen LogP contribution in [0.2, 0.25) is 0 Å². The smallest absolute Gasteiger partial charge is 0.262 e. The second kappa shape index (κ2) is 3.98. The van der Waals surface area contributed by atoms with Crippen LogP contribution in [0.3, 0.4) is 0 Å². The van der Waals surface area contributed by atoms with E-state index in [0.717, 1.165) is 27.3 Å². The number of anilines is 1. The maximum Gasteiger partial charge on any atom is 0.262 e. The number of carbonyl (C=O) groups excluding carboxylic acids is 1. The second-order valence-corrected chi connectivity index (χ2v) is 5.26. The number of nitrogens with one attached hydrogen (secondary N) is 1. The molecule has 0 saturated heterocycles. The molecule has 2 heterocycles. The number of hydrogen-bond donors (Lipinski definition) is 1. The van der Waals surface area contributed by atoms with Crippen LogP contribution in [0.4, 0.5) is 5.69 Å². The Bertz CT molecular complexity index is 571. The molecule has 0 aromatic heterocycles. The number of amides is 1. The number of fused-ring (bicyclic) bond motifs is 3. The van der Waals surface area contributed by atoms with Gasteiger partial charge in [-0.05, 0) is 31.5 Å². The Morgan fingerprint density at radius 1 is 1.56 bits per heavy atom. The zero-order chi connectivity index (χ0) is 12.9. The molecule has 1 atom stereocenters. The van der Waals surface area contributed by atoms with Gasteiger partial charge in [-0.2, -0.15) is 5.10 Å². The fourth-order valence-electron chi connectivity index (χ4n) is 2.15. The summed E-state index contributed by atoms with van der Waals surface area (Å²) in [5.74, 6) is 1.41. The summed E-state index contributed by atoms with van der Waals surface area (Å²) in [7, 11) is 0. The van der Waals surface area contributed by atoms with E-state index in [9.17, 15) is 4.79 Å². The van der Waals surface area contributed by atoms with Crippen molar-refractivity contribution in [1.29, 1.82) is 0 Å². The van der Waals surface area contributed by atoms with Crippen molar-refractivity contribution >= 4 is 33.4 Å². The van der Waals surface area contributed by atoms with Crippen molar-refractivity contribution in [1.82, 2.24) is 5.43 Å². The Kier molecular flexibility index (Phi) is 2.55. The Morgan fingerprint density at radius 3 is 3.11 bits per heavy atom. The number of nitrogens with zero attached hydrogens (tertiary/aromatic N) is 2. The van der Waals surface area contributed by atoms with Crippen molar-refractivity contribution in [2.45, 2.75) is 19.9 Å². The predicted octanol–water partition coefficient (Wildman–Crippen LogP) is 1.79. The molecule has 1 amide bonds. The van der Waals surface area contributed by atoms with Gasteiger partial charge in [0.1, 0.15) is 18.4 Å². The highest BCUT2D eigenvalue weighted by Crippen LogP contribution is 2.38. The minimum atomic E-state index is -0.283. The molecular weight excluding hydrogens is 298 g/mol. The molecule has 2 aliphatic heterocycles. The maximum absolute atomic E-state index is 11.7. The third-order valence-corrected chi connectivity index (χ3v) is 4.05. The lowest BCUT2D eigenvalue weighted by atomic mass is 10.1. The average molecular weight is 310 g/mol. The van der Waals surface area contributed by atoms with Crippen LogP contribution in [0.25, 0.3) is 0 Å². The molecule has 1 N–H and O–H groups in total. The van der Waals surface area contributed by atoms with E-state index in [0.29, 0.717) is 6.61 Å². The number of hydrazone groups is 1. The number of halogens is 1. The van der Waals surface area contributed by atoms with E-state index >= 15 is 0 Å². The van der Waals surface area contributed by atoms with Crippen molar-refractivity contribution in [3.05, 3.63) is 22.2 Å². The number of benzene rings is 1. The van der Waals surface area contributed by atoms with Gasteiger partial charge in [-0.15, -0.1) is 0 Å². The second-order valence-electron chi connectivity index (χ2n) is 4.41. The number of aryl methyl sites for hydroxylation is 1. The highest BCUT2D eigenvalue weighted by molar-refractivity contribution is 9.10. The lowest BCUT2D eigenvalue weighted by Crippen LogP contribution is -2.55. The summed E-state index contributed by atoms with van der Waals surface area (Å²) >= 11 is 3.50. The van der Waals surface area contributed by atoms with E-state index in [1.54, 1.807) is 0 Å². The molecule has 0 radical (unpaired) electrons. The zero-order valence-electron chi connectivity index (χ0n) is 10.0. The molecule has 94 valence electrons. The van der Waals surface area contributed by atoms with Crippen LogP contribution in [0.1, 0.15) is 12.5 Å². The van der Waals surface area contributed by atoms with Gasteiger partial charge in [0.2, 0.25) is 0 Å². The van der Waals surface area contributed by atoms with Gasteiger partial charge in [0, 0.05) is 4.47 Å². The van der Waals surface area contributed by atoms with Gasteiger partial charge < -0.3 is 9.64 Å². The molecule has 3 rings (SSSR count). The van der Waals surface area contributed by atoms with Gasteiger partial charge >= 0.3 is 0 Å². The molecule has 0 saturated carbocycles. The maximum atomic E-state index is 11.7. The van der Waals surface area contributed by atoms with Gasteiger partial charge in [0.25, 0.3) is 5.91 Å². The summed E-state index contributed by atoms with van der Waals surface area (Å²) in [6.45, 7) is 4.23. The Labute approximate surface area is 113 Å².